The van der Waals surface area contributed by atoms with Crippen molar-refractivity contribution in [2.24, 2.45) is 10.4 Å². The molecular formula is C28H30F3N5O5S. The van der Waals surface area contributed by atoms with Crippen molar-refractivity contribution in [1.29, 1.82) is 0 Å². The van der Waals surface area contributed by atoms with Crippen LogP contribution in [0.3, 0.4) is 0 Å². The summed E-state index contributed by atoms with van der Waals surface area (Å²) in [5, 5.41) is 14.8. The third-order valence-corrected chi connectivity index (χ3v) is 9.11. The van der Waals surface area contributed by atoms with Crippen molar-refractivity contribution in [2.75, 3.05) is 32.8 Å². The molecule has 0 bridgehead atoms. The number of carboxylic acids is 1. The summed E-state index contributed by atoms with van der Waals surface area (Å²) >= 11 is 1.26. The number of benzene rings is 1. The van der Waals surface area contributed by atoms with Gasteiger partial charge in [-0.3, -0.25) is 19.6 Å². The summed E-state index contributed by atoms with van der Waals surface area (Å²) < 4.78 is 51.4. The zero-order valence-corrected chi connectivity index (χ0v) is 24.0. The number of carboxylic acid groups (broad SMARTS) is 1. The molecule has 3 aliphatic heterocycles. The van der Waals surface area contributed by atoms with E-state index in [-0.39, 0.29) is 48.7 Å². The molecule has 2 saturated heterocycles. The van der Waals surface area contributed by atoms with Crippen LogP contribution in [0, 0.1) is 18.2 Å². The van der Waals surface area contributed by atoms with Crippen LogP contribution in [0.2, 0.25) is 0 Å². The molecule has 4 atom stereocenters. The number of esters is 1. The van der Waals surface area contributed by atoms with Crippen LogP contribution in [0.15, 0.2) is 46.0 Å². The molecule has 1 aromatic carbocycles. The lowest BCUT2D eigenvalue weighted by molar-refractivity contribution is -0.145. The van der Waals surface area contributed by atoms with Crippen LogP contribution in [0.1, 0.15) is 36.0 Å². The van der Waals surface area contributed by atoms with Crippen LogP contribution < -0.4 is 5.32 Å². The molecule has 2 aromatic rings. The first-order valence-corrected chi connectivity index (χ1v) is 14.3. The molecule has 1 unspecified atom stereocenters. The Bertz CT molecular complexity index is 1470. The van der Waals surface area contributed by atoms with Gasteiger partial charge in [0.15, 0.2) is 10.8 Å². The summed E-state index contributed by atoms with van der Waals surface area (Å²) in [5.41, 5.74) is -1.27. The number of nitrogens with one attached hydrogen (secondary N) is 1. The van der Waals surface area contributed by atoms with Crippen molar-refractivity contribution >= 4 is 35.4 Å². The zero-order chi connectivity index (χ0) is 30.4. The number of aliphatic imine (C=N–C) groups is 1. The number of ether oxygens (including phenoxy) is 1. The summed E-state index contributed by atoms with van der Waals surface area (Å²) in [6.07, 6.45) is 1.80. The first-order chi connectivity index (χ1) is 19.9. The second-order valence-electron chi connectivity index (χ2n) is 10.6. The molecule has 0 amide bonds. The van der Waals surface area contributed by atoms with Crippen molar-refractivity contribution < 1.29 is 37.4 Å². The maximum Gasteiger partial charge on any atom is 0.338 e. The van der Waals surface area contributed by atoms with Gasteiger partial charge in [-0.05, 0) is 38.0 Å². The Kier molecular flexibility index (Phi) is 7.98. The van der Waals surface area contributed by atoms with Gasteiger partial charge in [0.1, 0.15) is 29.6 Å². The molecule has 2 fully saturated rings. The number of aromatic nitrogens is 1. The van der Waals surface area contributed by atoms with Gasteiger partial charge in [-0.1, -0.05) is 12.1 Å². The van der Waals surface area contributed by atoms with Crippen molar-refractivity contribution in [3.8, 4) is 0 Å². The number of halogens is 3. The number of carbonyl (C=O) groups excluding carboxylic acids is 2. The topological polar surface area (TPSA) is 124 Å². The Hall–Kier alpha value is -3.62. The molecule has 1 aromatic heterocycles. The SMILES string of the molecule is CCOC(=O)C1=C(CN2CC(F)(F)C3(C=O)CN([C@@H](C)C(=O)O)C[C@H]23)NC(c2nccs2)=N[C@H]1c1cccc(F)c1C. The van der Waals surface area contributed by atoms with Crippen LogP contribution >= 0.6 is 11.3 Å². The molecular weight excluding hydrogens is 575 g/mol. The minimum Gasteiger partial charge on any atom is -0.480 e. The number of likely N-dealkylation sites (tertiary alicyclic amines) is 2. The third kappa shape index (κ3) is 4.90. The van der Waals surface area contributed by atoms with Crippen LogP contribution in [0.25, 0.3) is 0 Å². The lowest BCUT2D eigenvalue weighted by atomic mass is 9.81. The highest BCUT2D eigenvalue weighted by molar-refractivity contribution is 7.11. The minimum atomic E-state index is -3.48. The summed E-state index contributed by atoms with van der Waals surface area (Å²) in [5.74, 6) is -5.66. The maximum atomic E-state index is 15.7. The second-order valence-corrected chi connectivity index (χ2v) is 11.5. The molecule has 0 spiro atoms. The number of nitrogens with zero attached hydrogens (tertiary/aromatic N) is 4. The van der Waals surface area contributed by atoms with E-state index >= 15 is 8.78 Å². The van der Waals surface area contributed by atoms with E-state index in [2.05, 4.69) is 10.3 Å². The number of amidine groups is 1. The molecule has 2 N–H and O–H groups in total. The summed E-state index contributed by atoms with van der Waals surface area (Å²) in [6.45, 7) is 3.04. The number of alkyl halides is 2. The number of thiazole rings is 1. The highest BCUT2D eigenvalue weighted by Crippen LogP contribution is 2.51. The quantitative estimate of drug-likeness (QED) is 0.328. The van der Waals surface area contributed by atoms with Crippen LogP contribution in [0.5, 0.6) is 0 Å². The number of aldehydes is 1. The van der Waals surface area contributed by atoms with Crippen molar-refractivity contribution in [3.05, 3.63) is 63.0 Å². The molecule has 14 heteroatoms. The Morgan fingerprint density at radius 2 is 2.10 bits per heavy atom. The molecule has 3 aliphatic rings. The molecule has 5 rings (SSSR count). The lowest BCUT2D eigenvalue weighted by Gasteiger charge is -2.32. The van der Waals surface area contributed by atoms with E-state index in [1.807, 2.05) is 0 Å². The predicted molar refractivity (Wildman–Crippen MR) is 147 cm³/mol. The lowest BCUT2D eigenvalue weighted by Crippen LogP contribution is -2.48. The average Bonchev–Trinajstić information content (AvgIpc) is 3.66. The first kappa shape index (κ1) is 29.9. The van der Waals surface area contributed by atoms with E-state index in [0.29, 0.717) is 10.6 Å². The maximum absolute atomic E-state index is 15.7. The van der Waals surface area contributed by atoms with Crippen molar-refractivity contribution in [3.63, 3.8) is 0 Å². The summed E-state index contributed by atoms with van der Waals surface area (Å²) in [7, 11) is 0. The van der Waals surface area contributed by atoms with Gasteiger partial charge in [0, 0.05) is 43.0 Å². The molecule has 0 radical (unpaired) electrons. The number of fused-ring (bicyclic) bond motifs is 1. The normalized spacial score (nSPS) is 26.4. The highest BCUT2D eigenvalue weighted by Gasteiger charge is 2.70. The van der Waals surface area contributed by atoms with Gasteiger partial charge in [-0.25, -0.2) is 22.9 Å². The van der Waals surface area contributed by atoms with E-state index in [1.165, 1.54) is 40.2 Å². The van der Waals surface area contributed by atoms with E-state index in [4.69, 9.17) is 9.73 Å². The number of rotatable bonds is 9. The Balaban J connectivity index is 1.62. The Morgan fingerprint density at radius 1 is 1.33 bits per heavy atom. The zero-order valence-electron chi connectivity index (χ0n) is 23.1. The number of aliphatic carboxylic acids is 1. The van der Waals surface area contributed by atoms with Crippen molar-refractivity contribution in [1.82, 2.24) is 20.1 Å². The Labute approximate surface area is 243 Å². The van der Waals surface area contributed by atoms with Gasteiger partial charge < -0.3 is 20.0 Å². The van der Waals surface area contributed by atoms with Crippen LogP contribution in [-0.4, -0.2) is 94.7 Å². The molecule has 42 heavy (non-hydrogen) atoms. The molecule has 224 valence electrons. The Morgan fingerprint density at radius 3 is 2.74 bits per heavy atom. The van der Waals surface area contributed by atoms with Gasteiger partial charge in [0.25, 0.3) is 5.92 Å². The van der Waals surface area contributed by atoms with E-state index in [9.17, 15) is 23.9 Å². The predicted octanol–water partition coefficient (Wildman–Crippen LogP) is 2.79. The highest BCUT2D eigenvalue weighted by atomic mass is 32.1. The summed E-state index contributed by atoms with van der Waals surface area (Å²) in [4.78, 5) is 49.2. The minimum absolute atomic E-state index is 0.0199. The van der Waals surface area contributed by atoms with E-state index in [1.54, 1.807) is 31.5 Å². The molecule has 0 aliphatic carbocycles. The number of hydrogen-bond acceptors (Lipinski definition) is 10. The van der Waals surface area contributed by atoms with Gasteiger partial charge >= 0.3 is 11.9 Å². The second kappa shape index (κ2) is 11.2. The standard InChI is InChI=1S/C28H30F3N5O5S/c1-4-41-26(40)21-19(10-36-13-28(30,31)27(14-37)12-35(11-20(27)36)16(3)25(38)39)33-23(24-32-8-9-42-24)34-22(21)17-6-5-7-18(29)15(17)2/h5-9,14,16,20,22H,4,10-13H2,1-3H3,(H,33,34)(H,38,39)/t16-,20-,22-,27?/m0/s1. The first-order valence-electron chi connectivity index (χ1n) is 13.4. The fraction of sp³-hybridized carbons (Fsp3) is 0.464. The monoisotopic (exact) mass is 605 g/mol. The van der Waals surface area contributed by atoms with Gasteiger partial charge in [0.05, 0.1) is 18.7 Å². The van der Waals surface area contributed by atoms with Crippen LogP contribution in [0.4, 0.5) is 13.2 Å². The fourth-order valence-corrected chi connectivity index (χ4v) is 6.58. The van der Waals surface area contributed by atoms with Gasteiger partial charge in [-0.2, -0.15) is 0 Å². The van der Waals surface area contributed by atoms with Crippen molar-refractivity contribution in [2.45, 2.75) is 44.8 Å². The van der Waals surface area contributed by atoms with Crippen LogP contribution in [-0.2, 0) is 19.1 Å². The van der Waals surface area contributed by atoms with E-state index in [0.717, 1.165) is 0 Å². The molecule has 4 heterocycles. The fourth-order valence-electron chi connectivity index (χ4n) is 5.99. The molecule has 0 saturated carbocycles. The van der Waals surface area contributed by atoms with Gasteiger partial charge in [-0.15, -0.1) is 11.3 Å². The average molecular weight is 606 g/mol. The molecule has 10 nitrogen and oxygen atoms in total. The van der Waals surface area contributed by atoms with Gasteiger partial charge in [0.2, 0.25) is 0 Å². The third-order valence-electron chi connectivity index (χ3n) is 8.33. The smallest absolute Gasteiger partial charge is 0.338 e. The van der Waals surface area contributed by atoms with E-state index < -0.39 is 60.3 Å². The summed E-state index contributed by atoms with van der Waals surface area (Å²) in [6, 6.07) is 1.25. The number of carbonyl (C=O) groups is 3. The number of hydrogen-bond donors (Lipinski definition) is 2. The largest absolute Gasteiger partial charge is 0.480 e.